The van der Waals surface area contributed by atoms with Crippen LogP contribution in [-0.4, -0.2) is 39.9 Å². The standard InChI is InChI=1S/C21H21N3O5/c1-2-14-13-16(25)24(21(14)17(26)22-19(28)23-18(21)27)20(11-7-4-8-12-20)29-15-9-5-3-6-10-15/h3-11,14H,2,12-13H2,1H3,(H2,22,23,26,27,28)/t14-,20?/m0/s1. The zero-order chi connectivity index (χ0) is 20.6. The van der Waals surface area contributed by atoms with Gasteiger partial charge in [0.2, 0.25) is 17.2 Å². The lowest BCUT2D eigenvalue weighted by Gasteiger charge is -2.49. The second-order valence-corrected chi connectivity index (χ2v) is 7.29. The molecule has 1 aliphatic carbocycles. The Kier molecular flexibility index (Phi) is 4.49. The van der Waals surface area contributed by atoms with E-state index < -0.39 is 35.0 Å². The van der Waals surface area contributed by atoms with Crippen LogP contribution in [0.3, 0.4) is 0 Å². The highest BCUT2D eigenvalue weighted by atomic mass is 16.5. The molecule has 1 aromatic rings. The van der Waals surface area contributed by atoms with Gasteiger partial charge in [0, 0.05) is 18.8 Å². The molecule has 150 valence electrons. The number of barbiturate groups is 1. The number of hydrogen-bond acceptors (Lipinski definition) is 5. The molecule has 2 saturated heterocycles. The molecule has 2 fully saturated rings. The average Bonchev–Trinajstić information content (AvgIpc) is 3.01. The first-order valence-electron chi connectivity index (χ1n) is 9.52. The highest BCUT2D eigenvalue weighted by Crippen LogP contribution is 2.46. The normalized spacial score (nSPS) is 27.9. The minimum Gasteiger partial charge on any atom is -0.464 e. The number of nitrogens with zero attached hydrogens (tertiary/aromatic N) is 1. The van der Waals surface area contributed by atoms with Crippen molar-refractivity contribution in [3.05, 3.63) is 54.6 Å². The second kappa shape index (κ2) is 6.88. The summed E-state index contributed by atoms with van der Waals surface area (Å²) in [4.78, 5) is 52.4. The summed E-state index contributed by atoms with van der Waals surface area (Å²) in [7, 11) is 0. The maximum Gasteiger partial charge on any atom is 0.328 e. The number of amides is 5. The number of hydrogen-bond donors (Lipinski definition) is 2. The molecule has 2 aliphatic heterocycles. The van der Waals surface area contributed by atoms with Gasteiger partial charge in [-0.1, -0.05) is 43.4 Å². The topological polar surface area (TPSA) is 105 Å². The predicted octanol–water partition coefficient (Wildman–Crippen LogP) is 1.64. The number of likely N-dealkylation sites (tertiary alicyclic amines) is 1. The van der Waals surface area contributed by atoms with Crippen LogP contribution in [0.4, 0.5) is 4.79 Å². The zero-order valence-electron chi connectivity index (χ0n) is 15.9. The summed E-state index contributed by atoms with van der Waals surface area (Å²) in [6.45, 7) is 1.81. The van der Waals surface area contributed by atoms with Crippen LogP contribution in [0.1, 0.15) is 26.2 Å². The van der Waals surface area contributed by atoms with Gasteiger partial charge in [-0.3, -0.25) is 29.9 Å². The van der Waals surface area contributed by atoms with E-state index in [1.54, 1.807) is 36.4 Å². The van der Waals surface area contributed by atoms with E-state index in [1.807, 2.05) is 25.1 Å². The van der Waals surface area contributed by atoms with Crippen molar-refractivity contribution in [3.8, 4) is 5.75 Å². The Hall–Kier alpha value is -3.42. The molecule has 1 unspecified atom stereocenters. The molecule has 2 atom stereocenters. The van der Waals surface area contributed by atoms with Crippen LogP contribution in [0.5, 0.6) is 5.75 Å². The quantitative estimate of drug-likeness (QED) is 0.754. The molecule has 0 radical (unpaired) electrons. The number of carbonyl (C=O) groups is 4. The van der Waals surface area contributed by atoms with Crippen LogP contribution >= 0.6 is 0 Å². The van der Waals surface area contributed by atoms with Crippen molar-refractivity contribution in [1.82, 2.24) is 15.5 Å². The molecular formula is C21H21N3O5. The smallest absolute Gasteiger partial charge is 0.328 e. The second-order valence-electron chi connectivity index (χ2n) is 7.29. The van der Waals surface area contributed by atoms with Crippen molar-refractivity contribution in [2.24, 2.45) is 5.92 Å². The molecule has 29 heavy (non-hydrogen) atoms. The maximum atomic E-state index is 13.2. The Morgan fingerprint density at radius 3 is 2.34 bits per heavy atom. The Morgan fingerprint density at radius 1 is 1.07 bits per heavy atom. The SMILES string of the molecule is CC[C@H]1CC(=O)N(C2(Oc3ccccc3)C=CC=CC2)C12C(=O)NC(=O)NC2=O. The average molecular weight is 395 g/mol. The van der Waals surface area contributed by atoms with E-state index >= 15 is 0 Å². The molecule has 8 nitrogen and oxygen atoms in total. The lowest BCUT2D eigenvalue weighted by molar-refractivity contribution is -0.171. The van der Waals surface area contributed by atoms with Crippen LogP contribution < -0.4 is 15.4 Å². The van der Waals surface area contributed by atoms with Gasteiger partial charge in [-0.2, -0.15) is 0 Å². The third kappa shape index (κ3) is 2.74. The number of para-hydroxylation sites is 1. The van der Waals surface area contributed by atoms with Crippen molar-refractivity contribution in [3.63, 3.8) is 0 Å². The summed E-state index contributed by atoms with van der Waals surface area (Å²) in [5.74, 6) is -2.10. The summed E-state index contributed by atoms with van der Waals surface area (Å²) in [6.07, 6.45) is 7.66. The van der Waals surface area contributed by atoms with Crippen molar-refractivity contribution < 1.29 is 23.9 Å². The number of rotatable bonds is 4. The Balaban J connectivity index is 1.88. The van der Waals surface area contributed by atoms with Gasteiger partial charge >= 0.3 is 6.03 Å². The van der Waals surface area contributed by atoms with Crippen LogP contribution in [0, 0.1) is 5.92 Å². The molecule has 0 aromatic heterocycles. The third-order valence-electron chi connectivity index (χ3n) is 5.68. The lowest BCUT2D eigenvalue weighted by Crippen LogP contribution is -2.77. The highest BCUT2D eigenvalue weighted by Gasteiger charge is 2.69. The van der Waals surface area contributed by atoms with Gasteiger partial charge in [-0.05, 0) is 24.6 Å². The van der Waals surface area contributed by atoms with Crippen LogP contribution in [0.25, 0.3) is 0 Å². The molecule has 2 heterocycles. The molecule has 4 rings (SSSR count). The molecule has 1 spiro atoms. The summed E-state index contributed by atoms with van der Waals surface area (Å²) in [5.41, 5.74) is -3.25. The number of ether oxygens (including phenoxy) is 1. The summed E-state index contributed by atoms with van der Waals surface area (Å²) >= 11 is 0. The van der Waals surface area contributed by atoms with Gasteiger partial charge in [0.05, 0.1) is 0 Å². The number of allylic oxidation sites excluding steroid dienone is 2. The van der Waals surface area contributed by atoms with E-state index in [1.165, 1.54) is 4.90 Å². The van der Waals surface area contributed by atoms with Gasteiger partial charge in [0.15, 0.2) is 0 Å². The lowest BCUT2D eigenvalue weighted by atomic mass is 9.78. The fourth-order valence-corrected chi connectivity index (χ4v) is 4.45. The van der Waals surface area contributed by atoms with E-state index in [9.17, 15) is 19.2 Å². The Labute approximate surface area is 167 Å². The number of urea groups is 1. The Bertz CT molecular complexity index is 919. The molecule has 0 saturated carbocycles. The van der Waals surface area contributed by atoms with Gasteiger partial charge in [0.1, 0.15) is 5.75 Å². The molecule has 8 heteroatoms. The fraction of sp³-hybridized carbons (Fsp3) is 0.333. The maximum absolute atomic E-state index is 13.2. The van der Waals surface area contributed by atoms with E-state index in [0.29, 0.717) is 12.2 Å². The van der Waals surface area contributed by atoms with Crippen LogP contribution in [-0.2, 0) is 14.4 Å². The molecule has 0 bridgehead atoms. The minimum absolute atomic E-state index is 0.00296. The summed E-state index contributed by atoms with van der Waals surface area (Å²) in [6, 6.07) is 8.00. The van der Waals surface area contributed by atoms with E-state index in [-0.39, 0.29) is 18.7 Å². The molecule has 3 aliphatic rings. The third-order valence-corrected chi connectivity index (χ3v) is 5.68. The van der Waals surface area contributed by atoms with Gasteiger partial charge in [0.25, 0.3) is 11.8 Å². The van der Waals surface area contributed by atoms with Gasteiger partial charge in [-0.25, -0.2) is 4.79 Å². The fourth-order valence-electron chi connectivity index (χ4n) is 4.45. The first-order valence-corrected chi connectivity index (χ1v) is 9.52. The predicted molar refractivity (Wildman–Crippen MR) is 102 cm³/mol. The molecular weight excluding hydrogens is 374 g/mol. The molecule has 5 amide bonds. The van der Waals surface area contributed by atoms with Gasteiger partial charge in [-0.15, -0.1) is 0 Å². The van der Waals surface area contributed by atoms with Crippen molar-refractivity contribution >= 4 is 23.8 Å². The molecule has 1 aromatic carbocycles. The van der Waals surface area contributed by atoms with Crippen LogP contribution in [0.15, 0.2) is 54.6 Å². The van der Waals surface area contributed by atoms with E-state index in [4.69, 9.17) is 4.74 Å². The number of carbonyl (C=O) groups excluding carboxylic acids is 4. The first kappa shape index (κ1) is 18.9. The molecule has 2 N–H and O–H groups in total. The van der Waals surface area contributed by atoms with E-state index in [0.717, 1.165) is 0 Å². The Morgan fingerprint density at radius 2 is 1.76 bits per heavy atom. The zero-order valence-corrected chi connectivity index (χ0v) is 15.9. The highest BCUT2D eigenvalue weighted by molar-refractivity contribution is 6.25. The monoisotopic (exact) mass is 395 g/mol. The minimum atomic E-state index is -1.87. The van der Waals surface area contributed by atoms with Gasteiger partial charge < -0.3 is 4.74 Å². The summed E-state index contributed by atoms with van der Waals surface area (Å²) in [5, 5.41) is 4.35. The number of imide groups is 2. The number of benzene rings is 1. The largest absolute Gasteiger partial charge is 0.464 e. The summed E-state index contributed by atoms with van der Waals surface area (Å²) < 4.78 is 6.26. The van der Waals surface area contributed by atoms with E-state index in [2.05, 4.69) is 10.6 Å². The van der Waals surface area contributed by atoms with Crippen molar-refractivity contribution in [2.75, 3.05) is 0 Å². The van der Waals surface area contributed by atoms with Crippen LogP contribution in [0.2, 0.25) is 0 Å². The number of nitrogens with one attached hydrogen (secondary N) is 2. The van der Waals surface area contributed by atoms with Crippen molar-refractivity contribution in [1.29, 1.82) is 0 Å². The first-order chi connectivity index (χ1) is 13.9. The van der Waals surface area contributed by atoms with Crippen molar-refractivity contribution in [2.45, 2.75) is 37.5 Å².